The molecule has 4 nitrogen and oxygen atoms in total. The van der Waals surface area contributed by atoms with E-state index < -0.39 is 0 Å². The molecule has 0 atom stereocenters. The summed E-state index contributed by atoms with van der Waals surface area (Å²) in [5, 5.41) is 2.44. The predicted molar refractivity (Wildman–Crippen MR) is 268 cm³/mol. The fraction of sp³-hybridized carbons (Fsp3) is 0.0333. The van der Waals surface area contributed by atoms with Crippen molar-refractivity contribution >= 4 is 38.9 Å². The molecule has 2 heterocycles. The maximum Gasteiger partial charge on any atom is 0.160 e. The van der Waals surface area contributed by atoms with Crippen LogP contribution in [0, 0.1) is 13.8 Å². The predicted octanol–water partition coefficient (Wildman–Crippen LogP) is 16.0. The number of fused-ring (bicyclic) bond motifs is 3. The zero-order valence-electron chi connectivity index (χ0n) is 35.7. The van der Waals surface area contributed by atoms with Gasteiger partial charge in [-0.25, -0.2) is 9.97 Å². The lowest BCUT2D eigenvalue weighted by Gasteiger charge is -2.25. The van der Waals surface area contributed by atoms with Crippen LogP contribution >= 0.6 is 0 Å². The van der Waals surface area contributed by atoms with Crippen molar-refractivity contribution in [1.29, 1.82) is 0 Å². The third-order valence-corrected chi connectivity index (χ3v) is 12.3. The topological polar surface area (TPSA) is 34.0 Å². The Morgan fingerprint density at radius 3 is 1.50 bits per heavy atom. The number of nitrogens with zero attached hydrogens (tertiary/aromatic N) is 4. The first-order valence-electron chi connectivity index (χ1n) is 21.8. The number of hydrogen-bond acceptors (Lipinski definition) is 3. The Morgan fingerprint density at radius 2 is 0.844 bits per heavy atom. The van der Waals surface area contributed by atoms with E-state index in [2.05, 4.69) is 230 Å². The highest BCUT2D eigenvalue weighted by Crippen LogP contribution is 2.40. The monoisotopic (exact) mass is 820 g/mol. The second-order valence-corrected chi connectivity index (χ2v) is 16.4. The third kappa shape index (κ3) is 7.21. The summed E-state index contributed by atoms with van der Waals surface area (Å²) in [6.07, 6.45) is 0. The molecule has 0 bridgehead atoms. The van der Waals surface area contributed by atoms with Gasteiger partial charge in [0.1, 0.15) is 0 Å². The lowest BCUT2D eigenvalue weighted by molar-refractivity contribution is 1.18. The van der Waals surface area contributed by atoms with Crippen LogP contribution < -0.4 is 4.90 Å². The summed E-state index contributed by atoms with van der Waals surface area (Å²) in [5.41, 5.74) is 19.0. The first-order chi connectivity index (χ1) is 31.6. The van der Waals surface area contributed by atoms with E-state index in [1.54, 1.807) is 0 Å². The van der Waals surface area contributed by atoms with E-state index >= 15 is 0 Å². The van der Waals surface area contributed by atoms with Gasteiger partial charge >= 0.3 is 0 Å². The molecule has 0 fully saturated rings. The van der Waals surface area contributed by atoms with Crippen molar-refractivity contribution in [2.24, 2.45) is 0 Å². The number of aryl methyl sites for hydroxylation is 2. The van der Waals surface area contributed by atoms with Gasteiger partial charge in [0, 0.05) is 50.2 Å². The molecular weight excluding hydrogens is 777 g/mol. The number of aromatic nitrogens is 3. The summed E-state index contributed by atoms with van der Waals surface area (Å²) in [6.45, 7) is 4.38. The third-order valence-electron chi connectivity index (χ3n) is 12.3. The molecular formula is C60H44N4. The van der Waals surface area contributed by atoms with Gasteiger partial charge in [-0.15, -0.1) is 0 Å². The molecule has 11 aromatic rings. The molecule has 64 heavy (non-hydrogen) atoms. The van der Waals surface area contributed by atoms with E-state index in [4.69, 9.17) is 9.97 Å². The van der Waals surface area contributed by atoms with Gasteiger partial charge in [-0.3, -0.25) is 0 Å². The highest BCUT2D eigenvalue weighted by molar-refractivity contribution is 6.10. The minimum Gasteiger partial charge on any atom is -0.310 e. The average Bonchev–Trinajstić information content (AvgIpc) is 3.69. The number of rotatable bonds is 9. The van der Waals surface area contributed by atoms with Crippen LogP contribution in [0.4, 0.5) is 17.1 Å². The van der Waals surface area contributed by atoms with Crippen LogP contribution in [0.1, 0.15) is 11.1 Å². The summed E-state index contributed by atoms with van der Waals surface area (Å²) < 4.78 is 2.39. The second kappa shape index (κ2) is 16.5. The molecule has 4 heteroatoms. The largest absolute Gasteiger partial charge is 0.310 e. The Balaban J connectivity index is 0.896. The molecule has 0 aliphatic carbocycles. The minimum atomic E-state index is 0.723. The molecule has 0 spiro atoms. The molecule has 9 aromatic carbocycles. The summed E-state index contributed by atoms with van der Waals surface area (Å²) in [4.78, 5) is 12.4. The van der Waals surface area contributed by atoms with Crippen LogP contribution in [0.25, 0.3) is 83.6 Å². The van der Waals surface area contributed by atoms with Crippen molar-refractivity contribution in [3.05, 3.63) is 242 Å². The highest BCUT2D eigenvalue weighted by atomic mass is 15.1. The Bertz CT molecular complexity index is 3320. The number of para-hydroxylation sites is 3. The van der Waals surface area contributed by atoms with Crippen molar-refractivity contribution in [2.45, 2.75) is 13.8 Å². The van der Waals surface area contributed by atoms with Crippen LogP contribution in [-0.2, 0) is 0 Å². The Labute approximate surface area is 374 Å². The van der Waals surface area contributed by atoms with E-state index in [-0.39, 0.29) is 0 Å². The first-order valence-corrected chi connectivity index (χ1v) is 21.8. The van der Waals surface area contributed by atoms with Gasteiger partial charge in [-0.1, -0.05) is 158 Å². The maximum atomic E-state index is 5.12. The Hall–Kier alpha value is -8.34. The molecule has 0 amide bonds. The van der Waals surface area contributed by atoms with E-state index in [1.807, 2.05) is 24.3 Å². The molecule has 304 valence electrons. The smallest absolute Gasteiger partial charge is 0.160 e. The summed E-state index contributed by atoms with van der Waals surface area (Å²) in [5.74, 6) is 0.723. The maximum absolute atomic E-state index is 5.12. The SMILES string of the molecule is Cc1cc(-c2cc(-c3ccccc3)nc(-c3ccccc3)n2)c(C)cc1-c1ccc(-c2ccc(-n3c4ccccc4c4cc(N(c5ccccc5)c5ccccc5)ccc43)cc2)cc1. The van der Waals surface area contributed by atoms with E-state index in [1.165, 1.54) is 55.2 Å². The van der Waals surface area contributed by atoms with E-state index in [9.17, 15) is 0 Å². The molecule has 0 unspecified atom stereocenters. The van der Waals surface area contributed by atoms with Crippen LogP contribution in [0.3, 0.4) is 0 Å². The molecule has 11 rings (SSSR count). The van der Waals surface area contributed by atoms with Crippen molar-refractivity contribution in [1.82, 2.24) is 14.5 Å². The van der Waals surface area contributed by atoms with Gasteiger partial charge in [-0.05, 0) is 120 Å². The van der Waals surface area contributed by atoms with Gasteiger partial charge < -0.3 is 9.47 Å². The van der Waals surface area contributed by atoms with Gasteiger partial charge in [-0.2, -0.15) is 0 Å². The average molecular weight is 821 g/mol. The Morgan fingerprint density at radius 1 is 0.344 bits per heavy atom. The lowest BCUT2D eigenvalue weighted by Crippen LogP contribution is -2.09. The van der Waals surface area contributed by atoms with E-state index in [0.717, 1.165) is 56.7 Å². The molecule has 2 aromatic heterocycles. The summed E-state index contributed by atoms with van der Waals surface area (Å²) >= 11 is 0. The normalized spacial score (nSPS) is 11.3. The van der Waals surface area contributed by atoms with Crippen molar-refractivity contribution in [3.63, 3.8) is 0 Å². The number of anilines is 3. The van der Waals surface area contributed by atoms with Crippen LogP contribution in [0.2, 0.25) is 0 Å². The minimum absolute atomic E-state index is 0.723. The Kier molecular flexibility index (Phi) is 9.95. The van der Waals surface area contributed by atoms with Crippen molar-refractivity contribution in [3.8, 4) is 61.8 Å². The van der Waals surface area contributed by atoms with Crippen LogP contribution in [0.5, 0.6) is 0 Å². The van der Waals surface area contributed by atoms with Crippen molar-refractivity contribution in [2.75, 3.05) is 4.90 Å². The molecule has 0 radical (unpaired) electrons. The molecule has 0 N–H and O–H groups in total. The van der Waals surface area contributed by atoms with E-state index in [0.29, 0.717) is 0 Å². The number of benzene rings is 9. The second-order valence-electron chi connectivity index (χ2n) is 16.4. The molecule has 0 aliphatic heterocycles. The van der Waals surface area contributed by atoms with Gasteiger partial charge in [0.2, 0.25) is 0 Å². The lowest BCUT2D eigenvalue weighted by atomic mass is 9.92. The highest BCUT2D eigenvalue weighted by Gasteiger charge is 2.18. The van der Waals surface area contributed by atoms with Crippen molar-refractivity contribution < 1.29 is 0 Å². The summed E-state index contributed by atoms with van der Waals surface area (Å²) in [7, 11) is 0. The molecule has 0 saturated carbocycles. The van der Waals surface area contributed by atoms with Crippen LogP contribution in [-0.4, -0.2) is 14.5 Å². The van der Waals surface area contributed by atoms with Gasteiger partial charge in [0.15, 0.2) is 5.82 Å². The zero-order valence-corrected chi connectivity index (χ0v) is 35.7. The fourth-order valence-electron chi connectivity index (χ4n) is 9.09. The standard InChI is InChI=1S/C60H44N4/c1-41-38-54(57-40-56(46-17-7-3-8-18-46)61-60(62-57)47-19-9-4-10-20-47)42(2)37-53(41)45-29-27-43(28-30-45)44-31-33-50(34-32-44)64-58-26-16-15-25-52(58)55-39-51(35-36-59(55)64)63(48-21-11-5-12-22-48)49-23-13-6-14-24-49/h3-40H,1-2H3. The summed E-state index contributed by atoms with van der Waals surface area (Å²) in [6, 6.07) is 82.0. The van der Waals surface area contributed by atoms with Crippen LogP contribution in [0.15, 0.2) is 231 Å². The molecule has 0 aliphatic rings. The first kappa shape index (κ1) is 38.6. The molecule has 0 saturated heterocycles. The van der Waals surface area contributed by atoms with Gasteiger partial charge in [0.25, 0.3) is 0 Å². The fourth-order valence-corrected chi connectivity index (χ4v) is 9.09. The zero-order chi connectivity index (χ0) is 43.0. The number of hydrogen-bond donors (Lipinski definition) is 0. The van der Waals surface area contributed by atoms with Gasteiger partial charge in [0.05, 0.1) is 22.4 Å². The quantitative estimate of drug-likeness (QED) is 0.145.